The Morgan fingerprint density at radius 1 is 1.26 bits per heavy atom. The van der Waals surface area contributed by atoms with Crippen LogP contribution in [-0.4, -0.2) is 35.2 Å². The molecule has 1 fully saturated rings. The Balaban J connectivity index is 0.00000192. The van der Waals surface area contributed by atoms with Crippen molar-refractivity contribution in [1.29, 1.82) is 0 Å². The smallest absolute Gasteiger partial charge is 0.253 e. The third-order valence-electron chi connectivity index (χ3n) is 4.15. The van der Waals surface area contributed by atoms with E-state index in [0.29, 0.717) is 18.5 Å². The van der Waals surface area contributed by atoms with Gasteiger partial charge in [-0.1, -0.05) is 30.3 Å². The highest BCUT2D eigenvalue weighted by Gasteiger charge is 2.42. The number of aliphatic hydroxyl groups is 1. The summed E-state index contributed by atoms with van der Waals surface area (Å²) in [5.74, 6) is -0.224. The zero-order chi connectivity index (χ0) is 15.4. The first kappa shape index (κ1) is 17.4. The summed E-state index contributed by atoms with van der Waals surface area (Å²) in [7, 11) is 0. The average molecular weight is 334 g/mol. The molecule has 1 aliphatic heterocycles. The van der Waals surface area contributed by atoms with Gasteiger partial charge in [-0.05, 0) is 30.7 Å². The van der Waals surface area contributed by atoms with E-state index in [2.05, 4.69) is 15.6 Å². The summed E-state index contributed by atoms with van der Waals surface area (Å²) in [6, 6.07) is 13.1. The minimum absolute atomic E-state index is 0. The molecule has 1 amide bonds. The highest BCUT2D eigenvalue weighted by molar-refractivity contribution is 5.94. The number of amides is 1. The van der Waals surface area contributed by atoms with Gasteiger partial charge in [0.2, 0.25) is 0 Å². The highest BCUT2D eigenvalue weighted by atomic mass is 35.5. The molecule has 2 heterocycles. The zero-order valence-corrected chi connectivity index (χ0v) is 13.4. The fourth-order valence-corrected chi connectivity index (χ4v) is 2.93. The van der Waals surface area contributed by atoms with E-state index in [4.69, 9.17) is 0 Å². The predicted molar refractivity (Wildman–Crippen MR) is 90.6 cm³/mol. The number of hydrogen-bond donors (Lipinski definition) is 3. The Kier molecular flexibility index (Phi) is 5.71. The van der Waals surface area contributed by atoms with E-state index in [-0.39, 0.29) is 18.3 Å². The molecule has 2 atom stereocenters. The van der Waals surface area contributed by atoms with Crippen LogP contribution in [0.25, 0.3) is 0 Å². The van der Waals surface area contributed by atoms with Gasteiger partial charge >= 0.3 is 0 Å². The standard InChI is InChI=1S/C17H19N3O2.ClH/c21-15-12-19-10-8-17(15,14-6-2-1-3-7-14)20-16(22)13-5-4-9-18-11-13;/h1-7,9,11,15,19,21H,8,10,12H2,(H,20,22);1H/t15-,17-;/m1./s1. The van der Waals surface area contributed by atoms with E-state index in [9.17, 15) is 9.90 Å². The first-order chi connectivity index (χ1) is 10.7. The number of aromatic nitrogens is 1. The van der Waals surface area contributed by atoms with E-state index in [0.717, 1.165) is 12.1 Å². The number of rotatable bonds is 3. The molecule has 122 valence electrons. The van der Waals surface area contributed by atoms with Crippen LogP contribution in [-0.2, 0) is 5.54 Å². The van der Waals surface area contributed by atoms with Gasteiger partial charge in [0.05, 0.1) is 17.2 Å². The van der Waals surface area contributed by atoms with E-state index in [1.165, 1.54) is 6.20 Å². The van der Waals surface area contributed by atoms with Crippen LogP contribution in [0.1, 0.15) is 22.3 Å². The van der Waals surface area contributed by atoms with Crippen LogP contribution >= 0.6 is 12.4 Å². The Morgan fingerprint density at radius 3 is 2.70 bits per heavy atom. The fourth-order valence-electron chi connectivity index (χ4n) is 2.93. The molecule has 0 saturated carbocycles. The normalized spacial score (nSPS) is 23.6. The van der Waals surface area contributed by atoms with E-state index in [1.807, 2.05) is 30.3 Å². The number of nitrogens with one attached hydrogen (secondary N) is 2. The summed E-state index contributed by atoms with van der Waals surface area (Å²) >= 11 is 0. The van der Waals surface area contributed by atoms with Gasteiger partial charge in [-0.3, -0.25) is 9.78 Å². The minimum atomic E-state index is -0.778. The average Bonchev–Trinajstić information content (AvgIpc) is 2.58. The maximum atomic E-state index is 12.6. The third kappa shape index (κ3) is 3.52. The van der Waals surface area contributed by atoms with Crippen molar-refractivity contribution in [1.82, 2.24) is 15.6 Å². The summed E-state index contributed by atoms with van der Waals surface area (Å²) in [6.07, 6.45) is 3.10. The van der Waals surface area contributed by atoms with Crippen molar-refractivity contribution in [2.45, 2.75) is 18.1 Å². The van der Waals surface area contributed by atoms with Gasteiger partial charge in [0.15, 0.2) is 0 Å². The number of β-amino-alcohol motifs (C(OH)–C–C–N with tert-alkyl or cyclic N) is 1. The second-order valence-electron chi connectivity index (χ2n) is 5.50. The van der Waals surface area contributed by atoms with Crippen LogP contribution in [0.3, 0.4) is 0 Å². The van der Waals surface area contributed by atoms with Crippen molar-refractivity contribution in [2.75, 3.05) is 13.1 Å². The molecule has 0 spiro atoms. The lowest BCUT2D eigenvalue weighted by Crippen LogP contribution is -2.61. The van der Waals surface area contributed by atoms with Crippen molar-refractivity contribution in [3.63, 3.8) is 0 Å². The Labute approximate surface area is 141 Å². The molecule has 1 aromatic carbocycles. The molecule has 2 aromatic rings. The zero-order valence-electron chi connectivity index (χ0n) is 12.6. The highest BCUT2D eigenvalue weighted by Crippen LogP contribution is 2.31. The molecule has 1 aliphatic rings. The second kappa shape index (κ2) is 7.55. The molecule has 0 unspecified atom stereocenters. The lowest BCUT2D eigenvalue weighted by molar-refractivity contribution is 0.0289. The number of halogens is 1. The molecule has 6 heteroatoms. The first-order valence-corrected chi connectivity index (χ1v) is 7.39. The largest absolute Gasteiger partial charge is 0.389 e. The van der Waals surface area contributed by atoms with E-state index in [1.54, 1.807) is 18.3 Å². The van der Waals surface area contributed by atoms with Crippen LogP contribution in [0.15, 0.2) is 54.9 Å². The molecular formula is C17H20ClN3O2. The van der Waals surface area contributed by atoms with Gasteiger partial charge in [-0.15, -0.1) is 12.4 Å². The summed E-state index contributed by atoms with van der Waals surface area (Å²) in [6.45, 7) is 1.18. The molecular weight excluding hydrogens is 314 g/mol. The number of benzene rings is 1. The van der Waals surface area contributed by atoms with Crippen LogP contribution in [0.4, 0.5) is 0 Å². The number of aliphatic hydroxyl groups excluding tert-OH is 1. The van der Waals surface area contributed by atoms with Gasteiger partial charge in [0.1, 0.15) is 0 Å². The van der Waals surface area contributed by atoms with Crippen LogP contribution in [0.5, 0.6) is 0 Å². The topological polar surface area (TPSA) is 74.2 Å². The van der Waals surface area contributed by atoms with Gasteiger partial charge in [-0.25, -0.2) is 0 Å². The Morgan fingerprint density at radius 2 is 2.04 bits per heavy atom. The van der Waals surface area contributed by atoms with E-state index >= 15 is 0 Å². The quantitative estimate of drug-likeness (QED) is 0.795. The molecule has 23 heavy (non-hydrogen) atoms. The third-order valence-corrected chi connectivity index (χ3v) is 4.15. The number of pyridine rings is 1. The minimum Gasteiger partial charge on any atom is -0.389 e. The summed E-state index contributed by atoms with van der Waals surface area (Å²) in [5.41, 5.74) is 0.629. The number of piperidine rings is 1. The molecule has 3 rings (SSSR count). The Bertz CT molecular complexity index is 639. The fraction of sp³-hybridized carbons (Fsp3) is 0.294. The SMILES string of the molecule is Cl.O=C(N[C@@]1(c2ccccc2)CCNC[C@H]1O)c1cccnc1. The monoisotopic (exact) mass is 333 g/mol. The summed E-state index contributed by atoms with van der Waals surface area (Å²) < 4.78 is 0. The number of nitrogens with zero attached hydrogens (tertiary/aromatic N) is 1. The van der Waals surface area contributed by atoms with Gasteiger partial charge in [0.25, 0.3) is 5.91 Å². The molecule has 0 bridgehead atoms. The Hall–Kier alpha value is -1.95. The van der Waals surface area contributed by atoms with Crippen LogP contribution in [0.2, 0.25) is 0 Å². The predicted octanol–water partition coefficient (Wildman–Crippen LogP) is 1.48. The molecule has 0 radical (unpaired) electrons. The van der Waals surface area contributed by atoms with Crippen molar-refractivity contribution in [3.8, 4) is 0 Å². The van der Waals surface area contributed by atoms with Gasteiger partial charge < -0.3 is 15.7 Å². The summed E-state index contributed by atoms with van der Waals surface area (Å²) in [4.78, 5) is 16.5. The maximum Gasteiger partial charge on any atom is 0.253 e. The molecule has 1 saturated heterocycles. The van der Waals surface area contributed by atoms with Crippen molar-refractivity contribution in [3.05, 3.63) is 66.0 Å². The van der Waals surface area contributed by atoms with Crippen molar-refractivity contribution >= 4 is 18.3 Å². The van der Waals surface area contributed by atoms with Gasteiger partial charge in [0, 0.05) is 18.9 Å². The van der Waals surface area contributed by atoms with Crippen LogP contribution < -0.4 is 10.6 Å². The second-order valence-corrected chi connectivity index (χ2v) is 5.50. The lowest BCUT2D eigenvalue weighted by Gasteiger charge is -2.43. The molecule has 1 aromatic heterocycles. The van der Waals surface area contributed by atoms with Crippen LogP contribution in [0, 0.1) is 0 Å². The molecule has 0 aliphatic carbocycles. The molecule has 3 N–H and O–H groups in total. The number of carbonyl (C=O) groups excluding carboxylic acids is 1. The van der Waals surface area contributed by atoms with E-state index < -0.39 is 11.6 Å². The number of carbonyl (C=O) groups is 1. The summed E-state index contributed by atoms with van der Waals surface area (Å²) in [5, 5.41) is 16.8. The maximum absolute atomic E-state index is 12.6. The number of hydrogen-bond acceptors (Lipinski definition) is 4. The van der Waals surface area contributed by atoms with Crippen molar-refractivity contribution < 1.29 is 9.90 Å². The first-order valence-electron chi connectivity index (χ1n) is 7.39. The molecule has 5 nitrogen and oxygen atoms in total. The van der Waals surface area contributed by atoms with Gasteiger partial charge in [-0.2, -0.15) is 0 Å². The van der Waals surface area contributed by atoms with Crippen molar-refractivity contribution in [2.24, 2.45) is 0 Å². The lowest BCUT2D eigenvalue weighted by atomic mass is 9.79.